The third-order valence-electron chi connectivity index (χ3n) is 2.08. The molecule has 0 amide bonds. The fourth-order valence-corrected chi connectivity index (χ4v) is 1.42. The molecule has 0 radical (unpaired) electrons. The Morgan fingerprint density at radius 2 is 1.67 bits per heavy atom. The van der Waals surface area contributed by atoms with Crippen molar-refractivity contribution in [1.82, 2.24) is 0 Å². The van der Waals surface area contributed by atoms with Crippen LogP contribution in [-0.2, 0) is 4.89 Å². The quantitative estimate of drug-likeness (QED) is 0.559. The molecule has 0 spiro atoms. The van der Waals surface area contributed by atoms with Crippen LogP contribution in [0.1, 0.15) is 13.8 Å². The first kappa shape index (κ1) is 9.99. The van der Waals surface area contributed by atoms with Crippen LogP contribution < -0.4 is 4.89 Å². The van der Waals surface area contributed by atoms with Gasteiger partial charge in [-0.2, -0.15) is 4.89 Å². The predicted octanol–water partition coefficient (Wildman–Crippen LogP) is 3.56. The van der Waals surface area contributed by atoms with Crippen molar-refractivity contribution in [3.05, 3.63) is 42.5 Å². The summed E-state index contributed by atoms with van der Waals surface area (Å²) in [5.74, 6) is 0.766. The van der Waals surface area contributed by atoms with Crippen molar-refractivity contribution in [3.63, 3.8) is 0 Å². The second-order valence-corrected chi connectivity index (χ2v) is 3.71. The van der Waals surface area contributed by atoms with E-state index < -0.39 is 0 Å². The molecular weight excluding hydrogens is 188 g/mol. The summed E-state index contributed by atoms with van der Waals surface area (Å²) in [6.07, 6.45) is 0.0592. The van der Waals surface area contributed by atoms with E-state index in [0.29, 0.717) is 0 Å². The monoisotopic (exact) mass is 202 g/mol. The van der Waals surface area contributed by atoms with Gasteiger partial charge >= 0.3 is 0 Å². The Balaban J connectivity index is 2.34. The summed E-state index contributed by atoms with van der Waals surface area (Å²) in [4.78, 5) is 10.4. The van der Waals surface area contributed by atoms with Crippen molar-refractivity contribution in [2.24, 2.45) is 0 Å². The van der Waals surface area contributed by atoms with Gasteiger partial charge in [-0.3, -0.25) is 0 Å². The summed E-state index contributed by atoms with van der Waals surface area (Å²) in [7, 11) is 0. The fourth-order valence-electron chi connectivity index (χ4n) is 1.42. The summed E-state index contributed by atoms with van der Waals surface area (Å²) in [6, 6.07) is 14.0. The van der Waals surface area contributed by atoms with Crippen LogP contribution in [0.25, 0.3) is 10.8 Å². The third kappa shape index (κ3) is 2.28. The SMILES string of the molecule is CC(C)OOc1cccc2ccccc12. The molecule has 2 heteroatoms. The molecule has 2 aromatic rings. The van der Waals surface area contributed by atoms with Crippen LogP contribution in [0.15, 0.2) is 42.5 Å². The van der Waals surface area contributed by atoms with Gasteiger partial charge in [0.2, 0.25) is 0 Å². The summed E-state index contributed by atoms with van der Waals surface area (Å²) in [5.41, 5.74) is 0. The maximum Gasteiger partial charge on any atom is 0.173 e. The molecule has 0 aliphatic heterocycles. The van der Waals surface area contributed by atoms with E-state index in [1.807, 2.05) is 44.2 Å². The first-order valence-electron chi connectivity index (χ1n) is 5.08. The smallest absolute Gasteiger partial charge is 0.173 e. The van der Waals surface area contributed by atoms with Gasteiger partial charge in [-0.15, -0.1) is 0 Å². The first-order valence-corrected chi connectivity index (χ1v) is 5.08. The molecule has 0 bridgehead atoms. The lowest BCUT2D eigenvalue weighted by Gasteiger charge is -2.09. The maximum absolute atomic E-state index is 5.28. The molecule has 0 aliphatic carbocycles. The second kappa shape index (κ2) is 4.32. The van der Waals surface area contributed by atoms with Crippen molar-refractivity contribution >= 4 is 10.8 Å². The zero-order valence-electron chi connectivity index (χ0n) is 8.94. The van der Waals surface area contributed by atoms with Crippen LogP contribution in [0.4, 0.5) is 0 Å². The van der Waals surface area contributed by atoms with Crippen molar-refractivity contribution < 1.29 is 9.78 Å². The highest BCUT2D eigenvalue weighted by atomic mass is 17.2. The van der Waals surface area contributed by atoms with E-state index in [1.54, 1.807) is 0 Å². The summed E-state index contributed by atoms with van der Waals surface area (Å²) < 4.78 is 0. The molecule has 78 valence electrons. The predicted molar refractivity (Wildman–Crippen MR) is 60.8 cm³/mol. The number of benzene rings is 2. The molecule has 0 atom stereocenters. The zero-order valence-corrected chi connectivity index (χ0v) is 8.94. The standard InChI is InChI=1S/C13H14O2/c1-10(2)14-15-13-9-5-7-11-6-3-4-8-12(11)13/h3-10H,1-2H3. The average Bonchev–Trinajstić information content (AvgIpc) is 2.26. The van der Waals surface area contributed by atoms with Crippen molar-refractivity contribution in [3.8, 4) is 5.75 Å². The van der Waals surface area contributed by atoms with E-state index in [9.17, 15) is 0 Å². The molecule has 0 fully saturated rings. The van der Waals surface area contributed by atoms with Gasteiger partial charge < -0.3 is 4.89 Å². The molecule has 0 heterocycles. The number of hydrogen-bond acceptors (Lipinski definition) is 2. The van der Waals surface area contributed by atoms with E-state index in [0.717, 1.165) is 16.5 Å². The Hall–Kier alpha value is -1.54. The molecule has 0 saturated heterocycles. The Bertz CT molecular complexity index is 444. The largest absolute Gasteiger partial charge is 0.337 e. The topological polar surface area (TPSA) is 18.5 Å². The van der Waals surface area contributed by atoms with E-state index in [1.165, 1.54) is 0 Å². The second-order valence-electron chi connectivity index (χ2n) is 3.71. The van der Waals surface area contributed by atoms with Crippen molar-refractivity contribution in [1.29, 1.82) is 0 Å². The molecule has 0 aromatic heterocycles. The van der Waals surface area contributed by atoms with Crippen LogP contribution in [0, 0.1) is 0 Å². The number of hydrogen-bond donors (Lipinski definition) is 0. The van der Waals surface area contributed by atoms with Crippen LogP contribution in [0.5, 0.6) is 5.75 Å². The van der Waals surface area contributed by atoms with Crippen LogP contribution in [-0.4, -0.2) is 6.10 Å². The molecule has 0 aliphatic rings. The molecule has 2 rings (SSSR count). The highest BCUT2D eigenvalue weighted by molar-refractivity contribution is 5.88. The van der Waals surface area contributed by atoms with Crippen molar-refractivity contribution in [2.75, 3.05) is 0 Å². The fraction of sp³-hybridized carbons (Fsp3) is 0.231. The van der Waals surface area contributed by atoms with Crippen LogP contribution in [0.3, 0.4) is 0 Å². The molecule has 2 nitrogen and oxygen atoms in total. The minimum Gasteiger partial charge on any atom is -0.337 e. The third-order valence-corrected chi connectivity index (χ3v) is 2.08. The Morgan fingerprint density at radius 1 is 0.933 bits per heavy atom. The van der Waals surface area contributed by atoms with Crippen LogP contribution >= 0.6 is 0 Å². The van der Waals surface area contributed by atoms with E-state index >= 15 is 0 Å². The maximum atomic E-state index is 5.28. The summed E-state index contributed by atoms with van der Waals surface area (Å²) in [5, 5.41) is 2.23. The van der Waals surface area contributed by atoms with Gasteiger partial charge in [0.1, 0.15) is 0 Å². The highest BCUT2D eigenvalue weighted by Gasteiger charge is 2.02. The Morgan fingerprint density at radius 3 is 2.47 bits per heavy atom. The molecular formula is C13H14O2. The van der Waals surface area contributed by atoms with Gasteiger partial charge in [0.05, 0.1) is 6.10 Å². The molecule has 15 heavy (non-hydrogen) atoms. The van der Waals surface area contributed by atoms with Gasteiger partial charge in [0, 0.05) is 5.39 Å². The van der Waals surface area contributed by atoms with Gasteiger partial charge in [-0.25, -0.2) is 0 Å². The van der Waals surface area contributed by atoms with Gasteiger partial charge in [0.15, 0.2) is 5.75 Å². The number of rotatable bonds is 3. The number of fused-ring (bicyclic) bond motifs is 1. The molecule has 0 unspecified atom stereocenters. The van der Waals surface area contributed by atoms with Gasteiger partial charge in [-0.1, -0.05) is 36.4 Å². The lowest BCUT2D eigenvalue weighted by molar-refractivity contribution is -0.233. The van der Waals surface area contributed by atoms with Crippen LogP contribution in [0.2, 0.25) is 0 Å². The minimum absolute atomic E-state index is 0.0592. The molecule has 2 aromatic carbocycles. The first-order chi connectivity index (χ1) is 7.27. The van der Waals surface area contributed by atoms with Crippen molar-refractivity contribution in [2.45, 2.75) is 20.0 Å². The molecule has 0 saturated carbocycles. The normalized spacial score (nSPS) is 10.9. The Kier molecular flexibility index (Phi) is 2.88. The zero-order chi connectivity index (χ0) is 10.7. The van der Waals surface area contributed by atoms with E-state index in [2.05, 4.69) is 12.1 Å². The van der Waals surface area contributed by atoms with Gasteiger partial charge in [-0.05, 0) is 25.3 Å². The van der Waals surface area contributed by atoms with Gasteiger partial charge in [0.25, 0.3) is 0 Å². The average molecular weight is 202 g/mol. The summed E-state index contributed by atoms with van der Waals surface area (Å²) in [6.45, 7) is 3.87. The minimum atomic E-state index is 0.0592. The highest BCUT2D eigenvalue weighted by Crippen LogP contribution is 2.25. The lowest BCUT2D eigenvalue weighted by atomic mass is 10.1. The lowest BCUT2D eigenvalue weighted by Crippen LogP contribution is -2.06. The van der Waals surface area contributed by atoms with E-state index in [-0.39, 0.29) is 6.10 Å². The Labute approximate surface area is 89.4 Å². The summed E-state index contributed by atoms with van der Waals surface area (Å²) >= 11 is 0. The molecule has 0 N–H and O–H groups in total. The van der Waals surface area contributed by atoms with E-state index in [4.69, 9.17) is 9.78 Å².